The van der Waals surface area contributed by atoms with E-state index in [0.29, 0.717) is 31.4 Å². The Morgan fingerprint density at radius 3 is 2.63 bits per heavy atom. The lowest BCUT2D eigenvalue weighted by atomic mass is 9.96. The summed E-state index contributed by atoms with van der Waals surface area (Å²) in [4.78, 5) is 16.7. The first kappa shape index (κ1) is 15.6. The van der Waals surface area contributed by atoms with Crippen molar-refractivity contribution in [3.63, 3.8) is 0 Å². The number of ether oxygens (including phenoxy) is 1. The third-order valence-corrected chi connectivity index (χ3v) is 2.47. The van der Waals surface area contributed by atoms with Gasteiger partial charge in [-0.3, -0.25) is 9.69 Å². The van der Waals surface area contributed by atoms with Gasteiger partial charge in [-0.2, -0.15) is 4.98 Å². The molecule has 1 aromatic rings. The number of hydrogen-bond acceptors (Lipinski definition) is 6. The van der Waals surface area contributed by atoms with Crippen molar-refractivity contribution < 1.29 is 19.2 Å². The number of carbonyl (C=O) groups is 1. The van der Waals surface area contributed by atoms with Gasteiger partial charge in [-0.15, -0.1) is 0 Å². The van der Waals surface area contributed by atoms with Gasteiger partial charge in [0.15, 0.2) is 5.82 Å². The minimum absolute atomic E-state index is 0.0867. The topological polar surface area (TPSA) is 88.7 Å². The second-order valence-corrected chi connectivity index (χ2v) is 5.36. The van der Waals surface area contributed by atoms with Crippen LogP contribution in [0, 0.1) is 0 Å². The number of nitrogens with zero attached hydrogens (tertiary/aromatic N) is 3. The van der Waals surface area contributed by atoms with Crippen molar-refractivity contribution in [1.82, 2.24) is 15.0 Å². The van der Waals surface area contributed by atoms with E-state index in [4.69, 9.17) is 14.4 Å². The Morgan fingerprint density at radius 2 is 2.16 bits per heavy atom. The van der Waals surface area contributed by atoms with Gasteiger partial charge in [-0.1, -0.05) is 25.9 Å². The summed E-state index contributed by atoms with van der Waals surface area (Å²) in [6.45, 7) is 7.13. The largest absolute Gasteiger partial charge is 0.480 e. The van der Waals surface area contributed by atoms with Crippen LogP contribution < -0.4 is 0 Å². The number of aromatic nitrogens is 2. The van der Waals surface area contributed by atoms with Gasteiger partial charge < -0.3 is 14.4 Å². The smallest absolute Gasteiger partial charge is 0.317 e. The second kappa shape index (κ2) is 6.63. The highest BCUT2D eigenvalue weighted by Crippen LogP contribution is 2.18. The van der Waals surface area contributed by atoms with Crippen molar-refractivity contribution in [3.8, 4) is 0 Å². The molecule has 0 spiro atoms. The highest BCUT2D eigenvalue weighted by molar-refractivity contribution is 5.69. The number of carboxylic acids is 1. The van der Waals surface area contributed by atoms with Crippen LogP contribution in [-0.4, -0.2) is 52.9 Å². The molecule has 0 aliphatic carbocycles. The van der Waals surface area contributed by atoms with Crippen LogP contribution in [0.5, 0.6) is 0 Å². The van der Waals surface area contributed by atoms with E-state index in [1.165, 1.54) is 0 Å². The lowest BCUT2D eigenvalue weighted by molar-refractivity contribution is -0.138. The lowest BCUT2D eigenvalue weighted by Gasteiger charge is -2.17. The summed E-state index contributed by atoms with van der Waals surface area (Å²) in [7, 11) is 1.57. The summed E-state index contributed by atoms with van der Waals surface area (Å²) in [5, 5.41) is 12.8. The number of aliphatic carboxylic acids is 1. The molecule has 0 aliphatic rings. The molecule has 0 unspecified atom stereocenters. The average molecular weight is 271 g/mol. The van der Waals surface area contributed by atoms with Gasteiger partial charge in [0.2, 0.25) is 5.89 Å². The van der Waals surface area contributed by atoms with E-state index >= 15 is 0 Å². The molecule has 108 valence electrons. The zero-order chi connectivity index (χ0) is 14.5. The fourth-order valence-electron chi connectivity index (χ4n) is 1.44. The molecule has 0 aliphatic heterocycles. The van der Waals surface area contributed by atoms with Crippen molar-refractivity contribution in [3.05, 3.63) is 11.7 Å². The highest BCUT2D eigenvalue weighted by Gasteiger charge is 2.22. The van der Waals surface area contributed by atoms with E-state index < -0.39 is 5.97 Å². The summed E-state index contributed by atoms with van der Waals surface area (Å²) in [5.41, 5.74) is -0.189. The summed E-state index contributed by atoms with van der Waals surface area (Å²) in [6, 6.07) is 0. The van der Waals surface area contributed by atoms with E-state index in [1.54, 1.807) is 12.0 Å². The van der Waals surface area contributed by atoms with Gasteiger partial charge >= 0.3 is 5.97 Å². The Morgan fingerprint density at radius 1 is 1.47 bits per heavy atom. The number of methoxy groups -OCH3 is 1. The molecular weight excluding hydrogens is 250 g/mol. The average Bonchev–Trinajstić information content (AvgIpc) is 2.73. The molecule has 7 nitrogen and oxygen atoms in total. The molecule has 0 aromatic carbocycles. The zero-order valence-corrected chi connectivity index (χ0v) is 11.8. The van der Waals surface area contributed by atoms with Crippen molar-refractivity contribution in [1.29, 1.82) is 0 Å². The van der Waals surface area contributed by atoms with Gasteiger partial charge in [0, 0.05) is 19.1 Å². The van der Waals surface area contributed by atoms with Crippen LogP contribution in [0.1, 0.15) is 32.5 Å². The summed E-state index contributed by atoms with van der Waals surface area (Å²) >= 11 is 0. The van der Waals surface area contributed by atoms with Crippen molar-refractivity contribution in [2.75, 3.05) is 26.8 Å². The molecule has 0 radical (unpaired) electrons. The Kier molecular flexibility index (Phi) is 5.44. The van der Waals surface area contributed by atoms with Gasteiger partial charge in [-0.25, -0.2) is 0 Å². The van der Waals surface area contributed by atoms with Crippen LogP contribution in [0.15, 0.2) is 4.52 Å². The molecule has 0 bridgehead atoms. The fraction of sp³-hybridized carbons (Fsp3) is 0.750. The van der Waals surface area contributed by atoms with Gasteiger partial charge in [-0.05, 0) is 0 Å². The summed E-state index contributed by atoms with van der Waals surface area (Å²) < 4.78 is 10.1. The molecular formula is C12H21N3O4. The van der Waals surface area contributed by atoms with Crippen molar-refractivity contribution >= 4 is 5.97 Å². The summed E-state index contributed by atoms with van der Waals surface area (Å²) in [6.07, 6.45) is 0. The molecule has 1 rings (SSSR count). The molecule has 19 heavy (non-hydrogen) atoms. The number of hydrogen-bond donors (Lipinski definition) is 1. The van der Waals surface area contributed by atoms with Crippen LogP contribution in [0.3, 0.4) is 0 Å². The highest BCUT2D eigenvalue weighted by atomic mass is 16.5. The quantitative estimate of drug-likeness (QED) is 0.788. The van der Waals surface area contributed by atoms with Crippen LogP contribution in [0.2, 0.25) is 0 Å². The molecule has 1 heterocycles. The molecule has 0 fully saturated rings. The predicted molar refractivity (Wildman–Crippen MR) is 67.8 cm³/mol. The monoisotopic (exact) mass is 271 g/mol. The van der Waals surface area contributed by atoms with Crippen molar-refractivity contribution in [2.24, 2.45) is 0 Å². The SMILES string of the molecule is COCCN(CC(=O)O)Cc1nc(C(C)(C)C)no1. The molecule has 0 saturated heterocycles. The maximum absolute atomic E-state index is 10.8. The van der Waals surface area contributed by atoms with Gasteiger partial charge in [0.25, 0.3) is 0 Å². The van der Waals surface area contributed by atoms with Crippen LogP contribution in [0.25, 0.3) is 0 Å². The van der Waals surface area contributed by atoms with Crippen LogP contribution >= 0.6 is 0 Å². The maximum Gasteiger partial charge on any atom is 0.317 e. The molecule has 0 atom stereocenters. The van der Waals surface area contributed by atoms with Gasteiger partial charge in [0.1, 0.15) is 0 Å². The first-order chi connectivity index (χ1) is 8.82. The fourth-order valence-corrected chi connectivity index (χ4v) is 1.44. The van der Waals surface area contributed by atoms with E-state index in [9.17, 15) is 4.79 Å². The van der Waals surface area contributed by atoms with Crippen LogP contribution in [0.4, 0.5) is 0 Å². The maximum atomic E-state index is 10.8. The summed E-state index contributed by atoms with van der Waals surface area (Å²) in [5.74, 6) is 0.137. The predicted octanol–water partition coefficient (Wildman–Crippen LogP) is 0.900. The molecule has 7 heteroatoms. The Balaban J connectivity index is 2.67. The molecule has 0 saturated carbocycles. The molecule has 1 N–H and O–H groups in total. The second-order valence-electron chi connectivity index (χ2n) is 5.36. The van der Waals surface area contributed by atoms with E-state index in [-0.39, 0.29) is 12.0 Å². The van der Waals surface area contributed by atoms with Gasteiger partial charge in [0.05, 0.1) is 19.7 Å². The lowest BCUT2D eigenvalue weighted by Crippen LogP contribution is -2.32. The zero-order valence-electron chi connectivity index (χ0n) is 11.8. The third-order valence-electron chi connectivity index (χ3n) is 2.47. The van der Waals surface area contributed by atoms with E-state index in [1.807, 2.05) is 20.8 Å². The van der Waals surface area contributed by atoms with Crippen LogP contribution in [-0.2, 0) is 21.5 Å². The van der Waals surface area contributed by atoms with E-state index in [0.717, 1.165) is 0 Å². The Bertz CT molecular complexity index is 411. The number of carboxylic acid groups (broad SMARTS) is 1. The standard InChI is InChI=1S/C12H21N3O4/c1-12(2,3)11-13-9(19-14-11)7-15(5-6-18-4)8-10(16)17/h5-8H2,1-4H3,(H,16,17). The Hall–Kier alpha value is -1.47. The first-order valence-corrected chi connectivity index (χ1v) is 6.09. The Labute approximate surface area is 112 Å². The minimum Gasteiger partial charge on any atom is -0.480 e. The number of rotatable bonds is 7. The molecule has 0 amide bonds. The first-order valence-electron chi connectivity index (χ1n) is 6.09. The molecule has 1 aromatic heterocycles. The van der Waals surface area contributed by atoms with Crippen molar-refractivity contribution in [2.45, 2.75) is 32.7 Å². The van der Waals surface area contributed by atoms with E-state index in [2.05, 4.69) is 10.1 Å². The normalized spacial score (nSPS) is 12.1. The minimum atomic E-state index is -0.897. The third kappa shape index (κ3) is 5.35.